The lowest BCUT2D eigenvalue weighted by molar-refractivity contribution is 0.0288. The summed E-state index contributed by atoms with van der Waals surface area (Å²) in [6.45, 7) is 14.0. The van der Waals surface area contributed by atoms with E-state index in [0.29, 0.717) is 5.92 Å². The second kappa shape index (κ2) is 7.87. The monoisotopic (exact) mass is 284 g/mol. The van der Waals surface area contributed by atoms with E-state index in [2.05, 4.69) is 19.2 Å². The topological polar surface area (TPSA) is 41.6 Å². The number of nitrogens with one attached hydrogen (secondary N) is 1. The van der Waals surface area contributed by atoms with Gasteiger partial charge < -0.3 is 15.0 Å². The first kappa shape index (κ1) is 17.3. The van der Waals surface area contributed by atoms with Crippen LogP contribution in [-0.2, 0) is 4.74 Å². The van der Waals surface area contributed by atoms with E-state index in [1.807, 2.05) is 25.7 Å². The van der Waals surface area contributed by atoms with Crippen molar-refractivity contribution >= 4 is 6.09 Å². The molecule has 0 bridgehead atoms. The predicted octanol–water partition coefficient (Wildman–Crippen LogP) is 3.27. The van der Waals surface area contributed by atoms with Gasteiger partial charge in [-0.05, 0) is 58.5 Å². The Morgan fingerprint density at radius 2 is 2.15 bits per heavy atom. The maximum absolute atomic E-state index is 12.0. The fourth-order valence-electron chi connectivity index (χ4n) is 2.62. The summed E-state index contributed by atoms with van der Waals surface area (Å²) < 4.78 is 5.41. The second-order valence-corrected chi connectivity index (χ2v) is 7.13. The fraction of sp³-hybridized carbons (Fsp3) is 0.938. The minimum atomic E-state index is -0.400. The lowest BCUT2D eigenvalue weighted by Gasteiger charge is -2.24. The van der Waals surface area contributed by atoms with Crippen LogP contribution in [0.5, 0.6) is 0 Å². The lowest BCUT2D eigenvalue weighted by atomic mass is 10.1. The summed E-state index contributed by atoms with van der Waals surface area (Å²) in [7, 11) is 0. The molecule has 118 valence electrons. The van der Waals surface area contributed by atoms with E-state index >= 15 is 0 Å². The molecule has 0 saturated carbocycles. The Bertz CT molecular complexity index is 299. The number of carbonyl (C=O) groups is 1. The molecule has 4 nitrogen and oxygen atoms in total. The predicted molar refractivity (Wildman–Crippen MR) is 82.9 cm³/mol. The molecule has 1 aliphatic heterocycles. The molecular formula is C16H32N2O2. The molecule has 1 N–H and O–H groups in total. The molecular weight excluding hydrogens is 252 g/mol. The molecule has 1 heterocycles. The highest BCUT2D eigenvalue weighted by Gasteiger charge is 2.29. The van der Waals surface area contributed by atoms with Crippen molar-refractivity contribution in [3.8, 4) is 0 Å². The number of amides is 1. The smallest absolute Gasteiger partial charge is 0.410 e. The second-order valence-electron chi connectivity index (χ2n) is 7.13. The van der Waals surface area contributed by atoms with Gasteiger partial charge in [0.2, 0.25) is 0 Å². The van der Waals surface area contributed by atoms with Gasteiger partial charge in [0.05, 0.1) is 0 Å². The van der Waals surface area contributed by atoms with Crippen molar-refractivity contribution in [2.24, 2.45) is 11.8 Å². The van der Waals surface area contributed by atoms with Crippen LogP contribution in [0.15, 0.2) is 0 Å². The zero-order valence-corrected chi connectivity index (χ0v) is 13.9. The molecule has 1 amide bonds. The highest BCUT2D eigenvalue weighted by molar-refractivity contribution is 5.68. The van der Waals surface area contributed by atoms with E-state index in [1.54, 1.807) is 0 Å². The number of carbonyl (C=O) groups excluding carboxylic acids is 1. The Hall–Kier alpha value is -0.770. The van der Waals surface area contributed by atoms with Gasteiger partial charge in [0.15, 0.2) is 0 Å². The van der Waals surface area contributed by atoms with Crippen molar-refractivity contribution in [2.75, 3.05) is 26.2 Å². The molecule has 0 aromatic heterocycles. The van der Waals surface area contributed by atoms with Crippen molar-refractivity contribution in [3.63, 3.8) is 0 Å². The third-order valence-corrected chi connectivity index (χ3v) is 3.64. The number of nitrogens with zero attached hydrogens (tertiary/aromatic N) is 1. The molecule has 2 atom stereocenters. The number of hydrogen-bond donors (Lipinski definition) is 1. The molecule has 0 aliphatic carbocycles. The average molecular weight is 284 g/mol. The maximum atomic E-state index is 12.0. The van der Waals surface area contributed by atoms with Crippen LogP contribution in [0.1, 0.15) is 53.9 Å². The van der Waals surface area contributed by atoms with Gasteiger partial charge in [0.25, 0.3) is 0 Å². The van der Waals surface area contributed by atoms with Crippen LogP contribution in [0.25, 0.3) is 0 Å². The molecule has 0 aromatic rings. The van der Waals surface area contributed by atoms with Crippen molar-refractivity contribution < 1.29 is 9.53 Å². The van der Waals surface area contributed by atoms with Gasteiger partial charge in [-0.15, -0.1) is 0 Å². The van der Waals surface area contributed by atoms with Crippen molar-refractivity contribution in [3.05, 3.63) is 0 Å². The highest BCUT2D eigenvalue weighted by atomic mass is 16.6. The molecule has 0 spiro atoms. The van der Waals surface area contributed by atoms with Gasteiger partial charge >= 0.3 is 6.09 Å². The van der Waals surface area contributed by atoms with E-state index in [1.165, 1.54) is 12.8 Å². The van der Waals surface area contributed by atoms with Crippen LogP contribution < -0.4 is 5.32 Å². The lowest BCUT2D eigenvalue weighted by Crippen LogP contribution is -2.36. The summed E-state index contributed by atoms with van der Waals surface area (Å²) in [5.74, 6) is 1.31. The third-order valence-electron chi connectivity index (χ3n) is 3.64. The molecule has 1 aliphatic rings. The Morgan fingerprint density at radius 1 is 1.45 bits per heavy atom. The highest BCUT2D eigenvalue weighted by Crippen LogP contribution is 2.19. The van der Waals surface area contributed by atoms with Gasteiger partial charge in [-0.1, -0.05) is 20.3 Å². The summed E-state index contributed by atoms with van der Waals surface area (Å²) in [4.78, 5) is 13.8. The molecule has 1 fully saturated rings. The van der Waals surface area contributed by atoms with Crippen LogP contribution in [0, 0.1) is 11.8 Å². The molecule has 4 heteroatoms. The molecule has 0 aromatic carbocycles. The molecule has 20 heavy (non-hydrogen) atoms. The zero-order chi connectivity index (χ0) is 15.2. The van der Waals surface area contributed by atoms with E-state index in [-0.39, 0.29) is 6.09 Å². The van der Waals surface area contributed by atoms with Crippen LogP contribution in [0.4, 0.5) is 4.79 Å². The minimum absolute atomic E-state index is 0.167. The van der Waals surface area contributed by atoms with Crippen molar-refractivity contribution in [1.82, 2.24) is 10.2 Å². The van der Waals surface area contributed by atoms with Gasteiger partial charge in [-0.2, -0.15) is 0 Å². The van der Waals surface area contributed by atoms with Crippen LogP contribution in [0.3, 0.4) is 0 Å². The fourth-order valence-corrected chi connectivity index (χ4v) is 2.62. The van der Waals surface area contributed by atoms with Crippen molar-refractivity contribution in [1.29, 1.82) is 0 Å². The van der Waals surface area contributed by atoms with Crippen LogP contribution in [0.2, 0.25) is 0 Å². The summed E-state index contributed by atoms with van der Waals surface area (Å²) in [6, 6.07) is 0. The summed E-state index contributed by atoms with van der Waals surface area (Å²) in [5.41, 5.74) is -0.400. The van der Waals surface area contributed by atoms with Gasteiger partial charge in [0, 0.05) is 13.1 Å². The van der Waals surface area contributed by atoms with E-state index < -0.39 is 5.60 Å². The number of likely N-dealkylation sites (tertiary alicyclic amines) is 1. The van der Waals surface area contributed by atoms with E-state index in [4.69, 9.17) is 4.74 Å². The van der Waals surface area contributed by atoms with Crippen molar-refractivity contribution in [2.45, 2.75) is 59.5 Å². The Morgan fingerprint density at radius 3 is 2.75 bits per heavy atom. The molecule has 2 unspecified atom stereocenters. The average Bonchev–Trinajstić information content (AvgIpc) is 2.76. The normalized spacial score (nSPS) is 21.1. The molecule has 1 saturated heterocycles. The Labute approximate surface area is 124 Å². The van der Waals surface area contributed by atoms with Gasteiger partial charge in [-0.25, -0.2) is 4.79 Å². The first-order valence-corrected chi connectivity index (χ1v) is 8.00. The third kappa shape index (κ3) is 6.60. The summed E-state index contributed by atoms with van der Waals surface area (Å²) in [6.07, 6.45) is 3.44. The minimum Gasteiger partial charge on any atom is -0.444 e. The Kier molecular flexibility index (Phi) is 6.80. The van der Waals surface area contributed by atoms with Gasteiger partial charge in [0.1, 0.15) is 5.60 Å². The van der Waals surface area contributed by atoms with Crippen LogP contribution >= 0.6 is 0 Å². The number of rotatable bonds is 6. The largest absolute Gasteiger partial charge is 0.444 e. The van der Waals surface area contributed by atoms with E-state index in [9.17, 15) is 4.79 Å². The molecule has 0 radical (unpaired) electrons. The SMILES string of the molecule is CCCC(C)CNCC1CCN(C(=O)OC(C)(C)C)C1. The van der Waals surface area contributed by atoms with Gasteiger partial charge in [-0.3, -0.25) is 0 Å². The Balaban J connectivity index is 2.21. The van der Waals surface area contributed by atoms with Crippen LogP contribution in [-0.4, -0.2) is 42.8 Å². The zero-order valence-electron chi connectivity index (χ0n) is 13.9. The summed E-state index contributed by atoms with van der Waals surface area (Å²) in [5, 5.41) is 3.54. The summed E-state index contributed by atoms with van der Waals surface area (Å²) >= 11 is 0. The quantitative estimate of drug-likeness (QED) is 0.814. The standard InChI is InChI=1S/C16H32N2O2/c1-6-7-13(2)10-17-11-14-8-9-18(12-14)15(19)20-16(3,4)5/h13-14,17H,6-12H2,1-5H3. The first-order chi connectivity index (χ1) is 9.31. The number of hydrogen-bond acceptors (Lipinski definition) is 3. The maximum Gasteiger partial charge on any atom is 0.410 e. The van der Waals surface area contributed by atoms with E-state index in [0.717, 1.165) is 38.5 Å². The first-order valence-electron chi connectivity index (χ1n) is 8.00. The molecule has 1 rings (SSSR count). The number of ether oxygens (including phenoxy) is 1.